The Bertz CT molecular complexity index is 952. The molecule has 0 aliphatic carbocycles. The van der Waals surface area contributed by atoms with Gasteiger partial charge in [0.05, 0.1) is 13.2 Å². The van der Waals surface area contributed by atoms with Crippen LogP contribution in [0.5, 0.6) is 11.5 Å². The molecular weight excluding hydrogens is 436 g/mol. The number of aliphatic hydroxyl groups is 1. The third-order valence-corrected chi connectivity index (χ3v) is 6.48. The van der Waals surface area contributed by atoms with Crippen LogP contribution in [0, 0.1) is 0 Å². The first-order valence-electron chi connectivity index (χ1n) is 11.8. The maximum atomic E-state index is 13.4. The van der Waals surface area contributed by atoms with Crippen molar-refractivity contribution in [3.63, 3.8) is 0 Å². The number of rotatable bonds is 8. The number of aliphatic hydroxyl groups excluding tert-OH is 1. The van der Waals surface area contributed by atoms with Crippen molar-refractivity contribution in [1.82, 2.24) is 9.80 Å². The van der Waals surface area contributed by atoms with Crippen molar-refractivity contribution in [3.05, 3.63) is 60.2 Å². The second kappa shape index (κ2) is 11.2. The number of carbonyl (C=O) groups is 2. The Balaban J connectivity index is 1.33. The van der Waals surface area contributed by atoms with E-state index in [1.165, 1.54) is 4.90 Å². The van der Waals surface area contributed by atoms with Crippen molar-refractivity contribution in [2.24, 2.45) is 0 Å². The monoisotopic (exact) mass is 468 g/mol. The molecule has 1 N–H and O–H groups in total. The van der Waals surface area contributed by atoms with Gasteiger partial charge in [-0.2, -0.15) is 0 Å². The van der Waals surface area contributed by atoms with Crippen LogP contribution in [0.1, 0.15) is 31.2 Å². The highest BCUT2D eigenvalue weighted by Gasteiger charge is 2.42. The minimum absolute atomic E-state index is 0.0777. The number of likely N-dealkylation sites (tertiary alicyclic amines) is 2. The van der Waals surface area contributed by atoms with Crippen LogP contribution in [0.15, 0.2) is 54.6 Å². The molecule has 34 heavy (non-hydrogen) atoms. The van der Waals surface area contributed by atoms with E-state index >= 15 is 0 Å². The van der Waals surface area contributed by atoms with E-state index in [0.717, 1.165) is 24.2 Å². The van der Waals surface area contributed by atoms with Crippen LogP contribution in [0.2, 0.25) is 0 Å². The van der Waals surface area contributed by atoms with Gasteiger partial charge >= 0.3 is 6.09 Å². The molecule has 2 aromatic rings. The Labute approximate surface area is 200 Å². The van der Waals surface area contributed by atoms with E-state index in [0.29, 0.717) is 31.7 Å². The summed E-state index contributed by atoms with van der Waals surface area (Å²) in [6.07, 6.45) is 1.55. The summed E-state index contributed by atoms with van der Waals surface area (Å²) in [6, 6.07) is 15.7. The average molecular weight is 469 g/mol. The molecule has 2 aromatic carbocycles. The summed E-state index contributed by atoms with van der Waals surface area (Å²) < 4.78 is 16.4. The zero-order valence-corrected chi connectivity index (χ0v) is 19.5. The lowest BCUT2D eigenvalue weighted by Gasteiger charge is -2.33. The van der Waals surface area contributed by atoms with E-state index in [4.69, 9.17) is 14.2 Å². The molecule has 2 aliphatic rings. The summed E-state index contributed by atoms with van der Waals surface area (Å²) in [6.45, 7) is 1.30. The first kappa shape index (κ1) is 23.9. The van der Waals surface area contributed by atoms with Crippen LogP contribution in [-0.4, -0.2) is 71.9 Å². The Hall–Kier alpha value is -3.26. The molecule has 0 saturated carbocycles. The van der Waals surface area contributed by atoms with Crippen molar-refractivity contribution in [2.45, 2.75) is 50.5 Å². The number of amides is 2. The molecule has 1 unspecified atom stereocenters. The van der Waals surface area contributed by atoms with Crippen LogP contribution >= 0.6 is 0 Å². The first-order chi connectivity index (χ1) is 16.6. The fourth-order valence-electron chi connectivity index (χ4n) is 4.67. The first-order valence-corrected chi connectivity index (χ1v) is 11.8. The SMILES string of the molecule is COc1ccc(OCC(O)[C@@H]2CCCN2C(=O)[C@@H]2CCCN2C(=O)OCc2ccccc2)cc1. The molecule has 182 valence electrons. The maximum absolute atomic E-state index is 13.4. The van der Waals surface area contributed by atoms with Crippen LogP contribution in [0.3, 0.4) is 0 Å². The highest BCUT2D eigenvalue weighted by atomic mass is 16.6. The van der Waals surface area contributed by atoms with Crippen molar-refractivity contribution >= 4 is 12.0 Å². The molecule has 2 heterocycles. The molecule has 3 atom stereocenters. The van der Waals surface area contributed by atoms with Crippen molar-refractivity contribution < 1.29 is 28.9 Å². The standard InChI is InChI=1S/C26H32N2O6/c1-32-20-11-13-21(14-12-20)33-18-24(29)22-9-5-15-27(22)25(30)23-10-6-16-28(23)26(31)34-17-19-7-3-2-4-8-19/h2-4,7-8,11-14,22-24,29H,5-6,9-10,15-18H2,1H3/t22-,23-,24?/m0/s1. The van der Waals surface area contributed by atoms with E-state index < -0.39 is 18.2 Å². The van der Waals surface area contributed by atoms with Crippen molar-refractivity contribution in [3.8, 4) is 11.5 Å². The summed E-state index contributed by atoms with van der Waals surface area (Å²) in [5.41, 5.74) is 0.900. The number of ether oxygens (including phenoxy) is 3. The Morgan fingerprint density at radius 3 is 2.38 bits per heavy atom. The van der Waals surface area contributed by atoms with E-state index in [9.17, 15) is 14.7 Å². The normalized spacial score (nSPS) is 20.8. The molecule has 0 spiro atoms. The Morgan fingerprint density at radius 1 is 0.971 bits per heavy atom. The van der Waals surface area contributed by atoms with Crippen molar-refractivity contribution in [2.75, 3.05) is 26.8 Å². The molecule has 8 heteroatoms. The largest absolute Gasteiger partial charge is 0.497 e. The predicted molar refractivity (Wildman–Crippen MR) is 126 cm³/mol. The Kier molecular flexibility index (Phi) is 7.90. The number of hydrogen-bond acceptors (Lipinski definition) is 6. The van der Waals surface area contributed by atoms with Gasteiger partial charge in [0.15, 0.2) is 0 Å². The zero-order valence-electron chi connectivity index (χ0n) is 19.5. The Morgan fingerprint density at radius 2 is 1.65 bits per heavy atom. The van der Waals surface area contributed by atoms with Gasteiger partial charge in [0.1, 0.15) is 36.9 Å². The lowest BCUT2D eigenvalue weighted by atomic mass is 10.1. The highest BCUT2D eigenvalue weighted by Crippen LogP contribution is 2.27. The van der Waals surface area contributed by atoms with E-state index in [1.807, 2.05) is 30.3 Å². The van der Waals surface area contributed by atoms with Crippen LogP contribution in [-0.2, 0) is 16.1 Å². The van der Waals surface area contributed by atoms with Gasteiger partial charge in [-0.05, 0) is 55.5 Å². The molecule has 2 fully saturated rings. The summed E-state index contributed by atoms with van der Waals surface area (Å²) in [4.78, 5) is 29.4. The average Bonchev–Trinajstić information content (AvgIpc) is 3.57. The lowest BCUT2D eigenvalue weighted by molar-refractivity contribution is -0.139. The van der Waals surface area contributed by atoms with Gasteiger partial charge in [0, 0.05) is 13.1 Å². The van der Waals surface area contributed by atoms with Gasteiger partial charge in [-0.25, -0.2) is 4.79 Å². The second-order valence-electron chi connectivity index (χ2n) is 8.69. The molecule has 0 bridgehead atoms. The van der Waals surface area contributed by atoms with Gasteiger partial charge in [-0.3, -0.25) is 9.69 Å². The lowest BCUT2D eigenvalue weighted by Crippen LogP contribution is -2.52. The van der Waals surface area contributed by atoms with Gasteiger partial charge in [-0.15, -0.1) is 0 Å². The maximum Gasteiger partial charge on any atom is 0.410 e. The van der Waals surface area contributed by atoms with E-state index in [2.05, 4.69) is 0 Å². The summed E-state index contributed by atoms with van der Waals surface area (Å²) >= 11 is 0. The number of methoxy groups -OCH3 is 1. The molecule has 2 aliphatic heterocycles. The molecule has 8 nitrogen and oxygen atoms in total. The quantitative estimate of drug-likeness (QED) is 0.640. The summed E-state index contributed by atoms with van der Waals surface area (Å²) in [5, 5.41) is 10.8. The van der Waals surface area contributed by atoms with Crippen LogP contribution in [0.25, 0.3) is 0 Å². The number of hydrogen-bond donors (Lipinski definition) is 1. The van der Waals surface area contributed by atoms with Gasteiger partial charge in [0.2, 0.25) is 5.91 Å². The fourth-order valence-corrected chi connectivity index (χ4v) is 4.67. The smallest absolute Gasteiger partial charge is 0.410 e. The van der Waals surface area contributed by atoms with E-state index in [-0.39, 0.29) is 25.2 Å². The topological polar surface area (TPSA) is 88.5 Å². The third-order valence-electron chi connectivity index (χ3n) is 6.48. The molecular formula is C26H32N2O6. The molecule has 2 amide bonds. The highest BCUT2D eigenvalue weighted by molar-refractivity contribution is 5.86. The van der Waals surface area contributed by atoms with Gasteiger partial charge < -0.3 is 24.2 Å². The molecule has 0 aromatic heterocycles. The second-order valence-corrected chi connectivity index (χ2v) is 8.69. The summed E-state index contributed by atoms with van der Waals surface area (Å²) in [7, 11) is 1.60. The van der Waals surface area contributed by atoms with E-state index in [1.54, 1.807) is 36.3 Å². The number of carbonyl (C=O) groups excluding carboxylic acids is 2. The number of nitrogens with zero attached hydrogens (tertiary/aromatic N) is 2. The zero-order chi connectivity index (χ0) is 23.9. The minimum atomic E-state index is -0.826. The molecule has 0 radical (unpaired) electrons. The van der Waals surface area contributed by atoms with Gasteiger partial charge in [0.25, 0.3) is 0 Å². The number of benzene rings is 2. The molecule has 4 rings (SSSR count). The minimum Gasteiger partial charge on any atom is -0.497 e. The fraction of sp³-hybridized carbons (Fsp3) is 0.462. The van der Waals surface area contributed by atoms with Crippen LogP contribution in [0.4, 0.5) is 4.79 Å². The predicted octanol–water partition coefficient (Wildman–Crippen LogP) is 3.23. The van der Waals surface area contributed by atoms with Crippen molar-refractivity contribution in [1.29, 1.82) is 0 Å². The third kappa shape index (κ3) is 5.62. The molecule has 2 saturated heterocycles. The summed E-state index contributed by atoms with van der Waals surface area (Å²) in [5.74, 6) is 1.22. The van der Waals surface area contributed by atoms with Gasteiger partial charge in [-0.1, -0.05) is 30.3 Å². The van der Waals surface area contributed by atoms with Crippen LogP contribution < -0.4 is 9.47 Å².